The van der Waals surface area contributed by atoms with Crippen molar-refractivity contribution in [1.29, 1.82) is 5.26 Å². The monoisotopic (exact) mass is 521 g/mol. The van der Waals surface area contributed by atoms with Gasteiger partial charge in [0.05, 0.1) is 30.2 Å². The quantitative estimate of drug-likeness (QED) is 0.365. The third kappa shape index (κ3) is 5.51. The summed E-state index contributed by atoms with van der Waals surface area (Å²) >= 11 is 1.22. The molecule has 1 N–H and O–H groups in total. The number of nitrogens with zero attached hydrogens (tertiary/aromatic N) is 4. The molecule has 0 amide bonds. The van der Waals surface area contributed by atoms with Crippen LogP contribution in [0.15, 0.2) is 82.8 Å². The second kappa shape index (κ2) is 11.5. The number of nitrogens with one attached hydrogen (secondary N) is 1. The molecule has 4 aromatic rings. The highest BCUT2D eigenvalue weighted by Crippen LogP contribution is 2.34. The maximum Gasteiger partial charge on any atom is 0.253 e. The van der Waals surface area contributed by atoms with Gasteiger partial charge in [-0.2, -0.15) is 9.57 Å². The van der Waals surface area contributed by atoms with Crippen LogP contribution in [0, 0.1) is 11.3 Å². The van der Waals surface area contributed by atoms with E-state index in [2.05, 4.69) is 20.9 Å². The normalized spacial score (nSPS) is 15.6. The van der Waals surface area contributed by atoms with Crippen LogP contribution in [-0.4, -0.2) is 35.3 Å². The number of sulfonamides is 1. The molecule has 1 aliphatic rings. The van der Waals surface area contributed by atoms with Crippen molar-refractivity contribution in [3.8, 4) is 6.07 Å². The van der Waals surface area contributed by atoms with Gasteiger partial charge in [0, 0.05) is 31.0 Å². The molecule has 0 saturated heterocycles. The number of nitriles is 1. The lowest BCUT2D eigenvalue weighted by Gasteiger charge is -2.31. The van der Waals surface area contributed by atoms with E-state index in [0.717, 1.165) is 22.5 Å². The van der Waals surface area contributed by atoms with Crippen molar-refractivity contribution in [2.24, 2.45) is 0 Å². The van der Waals surface area contributed by atoms with Crippen LogP contribution in [0.25, 0.3) is 0 Å². The molecule has 0 spiro atoms. The molecule has 7 nitrogen and oxygen atoms in total. The molecule has 2 aromatic heterocycles. The molecule has 0 aliphatic carbocycles. The minimum absolute atomic E-state index is 0. The first-order valence-electron chi connectivity index (χ1n) is 10.9. The van der Waals surface area contributed by atoms with Crippen LogP contribution in [0.1, 0.15) is 37.2 Å². The van der Waals surface area contributed by atoms with Crippen molar-refractivity contribution >= 4 is 27.0 Å². The lowest BCUT2D eigenvalue weighted by molar-refractivity contribution is 0.318. The molecule has 3 heterocycles. The second-order valence-electron chi connectivity index (χ2n) is 8.24. The van der Waals surface area contributed by atoms with E-state index in [1.165, 1.54) is 11.3 Å². The van der Waals surface area contributed by atoms with E-state index in [9.17, 15) is 13.7 Å². The van der Waals surface area contributed by atoms with Gasteiger partial charge >= 0.3 is 0 Å². The number of thiophene rings is 1. The van der Waals surface area contributed by atoms with Gasteiger partial charge in [-0.25, -0.2) is 13.4 Å². The first-order chi connectivity index (χ1) is 16.5. The van der Waals surface area contributed by atoms with E-state index in [4.69, 9.17) is 0 Å². The molecule has 36 heavy (non-hydrogen) atoms. The van der Waals surface area contributed by atoms with Crippen LogP contribution in [0.5, 0.6) is 0 Å². The van der Waals surface area contributed by atoms with Gasteiger partial charge in [-0.05, 0) is 47.2 Å². The molecule has 0 fully saturated rings. The van der Waals surface area contributed by atoms with E-state index in [0.29, 0.717) is 29.3 Å². The Balaban J connectivity index is 0.00000180. The molecule has 0 radical (unpaired) electrons. The fourth-order valence-corrected chi connectivity index (χ4v) is 7.13. The van der Waals surface area contributed by atoms with Gasteiger partial charge in [0.15, 0.2) is 0 Å². The third-order valence-corrected chi connectivity index (χ3v) is 9.27. The molecule has 1 atom stereocenters. The van der Waals surface area contributed by atoms with Crippen molar-refractivity contribution in [2.45, 2.75) is 44.6 Å². The Morgan fingerprint density at radius 3 is 2.58 bits per heavy atom. The van der Waals surface area contributed by atoms with Crippen LogP contribution < -0.4 is 4.90 Å². The van der Waals surface area contributed by atoms with Crippen molar-refractivity contribution in [2.75, 3.05) is 11.4 Å². The van der Waals surface area contributed by atoms with Gasteiger partial charge in [0.2, 0.25) is 0 Å². The standard InChI is InChI=1S/C25H23N5O2S2.2CH4/c26-13-20-8-9-24-21(11-20)15-30(34(31,32)25-7-4-10-33-25)23(12-19-5-2-1-3-6-19)17-29(24)16-22-14-27-18-28-22;;/h1-11,14,18,23H,12,15-17H2,(H,27,28);2*1H4/t23-;;/m1../s1. The molecule has 2 aromatic carbocycles. The fourth-order valence-electron chi connectivity index (χ4n) is 4.42. The maximum absolute atomic E-state index is 13.8. The Morgan fingerprint density at radius 2 is 1.92 bits per heavy atom. The molecular formula is C27H31N5O2S2. The number of aromatic nitrogens is 2. The molecular weight excluding hydrogens is 490 g/mol. The highest BCUT2D eigenvalue weighted by molar-refractivity contribution is 7.91. The van der Waals surface area contributed by atoms with Crippen LogP contribution in [0.4, 0.5) is 5.69 Å². The summed E-state index contributed by atoms with van der Waals surface area (Å²) in [5.74, 6) is 0. The number of hydrogen-bond acceptors (Lipinski definition) is 6. The van der Waals surface area contributed by atoms with Crippen molar-refractivity contribution in [3.05, 3.63) is 101 Å². The highest BCUT2D eigenvalue weighted by Gasteiger charge is 2.37. The summed E-state index contributed by atoms with van der Waals surface area (Å²) < 4.78 is 29.6. The molecule has 188 valence electrons. The van der Waals surface area contributed by atoms with Crippen molar-refractivity contribution in [1.82, 2.24) is 14.3 Å². The third-order valence-electron chi connectivity index (χ3n) is 6.00. The number of H-pyrrole nitrogens is 1. The van der Waals surface area contributed by atoms with E-state index >= 15 is 0 Å². The van der Waals surface area contributed by atoms with Crippen molar-refractivity contribution < 1.29 is 8.42 Å². The summed E-state index contributed by atoms with van der Waals surface area (Å²) in [6.45, 7) is 1.25. The minimum atomic E-state index is -3.74. The average molecular weight is 522 g/mol. The summed E-state index contributed by atoms with van der Waals surface area (Å²) in [7, 11) is -3.74. The number of imidazole rings is 1. The molecule has 0 unspecified atom stereocenters. The zero-order valence-electron chi connectivity index (χ0n) is 18.3. The van der Waals surface area contributed by atoms with Gasteiger partial charge in [-0.1, -0.05) is 51.3 Å². The minimum Gasteiger partial charge on any atom is -0.364 e. The first kappa shape index (κ1) is 27.1. The number of benzene rings is 2. The number of anilines is 1. The summed E-state index contributed by atoms with van der Waals surface area (Å²) in [4.78, 5) is 9.47. The SMILES string of the molecule is C.C.N#Cc1ccc2c(c1)CN(S(=O)(=O)c1cccs1)[C@H](Cc1ccccc1)CN2Cc1cnc[nH]1. The Bertz CT molecular complexity index is 1400. The molecule has 5 rings (SSSR count). The van der Waals surface area contributed by atoms with Crippen molar-refractivity contribution in [3.63, 3.8) is 0 Å². The summed E-state index contributed by atoms with van der Waals surface area (Å²) in [6, 6.07) is 20.8. The molecule has 0 saturated carbocycles. The first-order valence-corrected chi connectivity index (χ1v) is 13.2. The zero-order chi connectivity index (χ0) is 23.5. The second-order valence-corrected chi connectivity index (χ2v) is 11.3. The number of aromatic amines is 1. The largest absolute Gasteiger partial charge is 0.364 e. The summed E-state index contributed by atoms with van der Waals surface area (Å²) in [6.07, 6.45) is 3.99. The number of rotatable bonds is 6. The van der Waals surface area contributed by atoms with Crippen LogP contribution in [0.3, 0.4) is 0 Å². The Hall–Kier alpha value is -3.45. The van der Waals surface area contributed by atoms with Gasteiger partial charge < -0.3 is 9.88 Å². The van der Waals surface area contributed by atoms with Gasteiger partial charge in [0.1, 0.15) is 4.21 Å². The summed E-state index contributed by atoms with van der Waals surface area (Å²) in [5, 5.41) is 11.3. The smallest absolute Gasteiger partial charge is 0.253 e. The Kier molecular flexibility index (Phi) is 8.69. The summed E-state index contributed by atoms with van der Waals surface area (Å²) in [5.41, 5.74) is 4.26. The van der Waals surface area contributed by atoms with E-state index < -0.39 is 10.0 Å². The van der Waals surface area contributed by atoms with E-state index in [-0.39, 0.29) is 27.4 Å². The molecule has 9 heteroatoms. The highest BCUT2D eigenvalue weighted by atomic mass is 32.2. The van der Waals surface area contributed by atoms with Gasteiger partial charge in [0.25, 0.3) is 10.0 Å². The lowest BCUT2D eigenvalue weighted by Crippen LogP contribution is -2.45. The Morgan fingerprint density at radius 1 is 1.11 bits per heavy atom. The average Bonchev–Trinajstić information content (AvgIpc) is 3.55. The lowest BCUT2D eigenvalue weighted by atomic mass is 10.1. The van der Waals surface area contributed by atoms with Gasteiger partial charge in [-0.15, -0.1) is 11.3 Å². The topological polar surface area (TPSA) is 93.1 Å². The van der Waals surface area contributed by atoms with Gasteiger partial charge in [-0.3, -0.25) is 0 Å². The number of hydrogen-bond donors (Lipinski definition) is 1. The Labute approximate surface area is 217 Å². The van der Waals surface area contributed by atoms with Crippen LogP contribution in [0.2, 0.25) is 0 Å². The predicted octanol–water partition coefficient (Wildman–Crippen LogP) is 5.44. The fraction of sp³-hybridized carbons (Fsp3) is 0.259. The van der Waals surface area contributed by atoms with Crippen LogP contribution >= 0.6 is 11.3 Å². The zero-order valence-corrected chi connectivity index (χ0v) is 20.0. The number of fused-ring (bicyclic) bond motifs is 1. The molecule has 0 bridgehead atoms. The molecule has 1 aliphatic heterocycles. The van der Waals surface area contributed by atoms with Crippen LogP contribution in [-0.2, 0) is 29.5 Å². The maximum atomic E-state index is 13.8. The predicted molar refractivity (Wildman–Crippen MR) is 145 cm³/mol. The van der Waals surface area contributed by atoms with E-state index in [1.807, 2.05) is 36.4 Å². The van der Waals surface area contributed by atoms with E-state index in [1.54, 1.807) is 46.5 Å².